The van der Waals surface area contributed by atoms with Gasteiger partial charge < -0.3 is 15.5 Å². The lowest BCUT2D eigenvalue weighted by Gasteiger charge is -2.37. The number of halogens is 2. The molecule has 1 fully saturated rings. The molecule has 3 rings (SSSR count). The van der Waals surface area contributed by atoms with Crippen molar-refractivity contribution in [1.29, 1.82) is 0 Å². The van der Waals surface area contributed by atoms with E-state index in [0.717, 1.165) is 37.6 Å². The SMILES string of the molecule is Nc1ccccc1N1CCN(c2ncc(Br)cc2F)CC1. The maximum absolute atomic E-state index is 14.0. The van der Waals surface area contributed by atoms with Crippen molar-refractivity contribution in [3.63, 3.8) is 0 Å². The van der Waals surface area contributed by atoms with Gasteiger partial charge in [-0.15, -0.1) is 0 Å². The van der Waals surface area contributed by atoms with Crippen LogP contribution in [0.5, 0.6) is 0 Å². The number of nitrogens with zero attached hydrogens (tertiary/aromatic N) is 3. The first-order valence-corrected chi connectivity index (χ1v) is 7.60. The van der Waals surface area contributed by atoms with Crippen LogP contribution >= 0.6 is 15.9 Å². The molecule has 1 aliphatic heterocycles. The van der Waals surface area contributed by atoms with Crippen molar-refractivity contribution < 1.29 is 4.39 Å². The van der Waals surface area contributed by atoms with Gasteiger partial charge in [0.05, 0.1) is 11.4 Å². The van der Waals surface area contributed by atoms with Crippen LogP contribution in [0.3, 0.4) is 0 Å². The van der Waals surface area contributed by atoms with E-state index in [1.165, 1.54) is 6.07 Å². The number of piperazine rings is 1. The molecule has 6 heteroatoms. The van der Waals surface area contributed by atoms with Crippen molar-refractivity contribution in [3.05, 3.63) is 46.8 Å². The molecule has 0 unspecified atom stereocenters. The van der Waals surface area contributed by atoms with Crippen LogP contribution in [-0.4, -0.2) is 31.2 Å². The van der Waals surface area contributed by atoms with Gasteiger partial charge in [0, 0.05) is 36.8 Å². The van der Waals surface area contributed by atoms with E-state index in [0.29, 0.717) is 10.3 Å². The largest absolute Gasteiger partial charge is 0.397 e. The van der Waals surface area contributed by atoms with E-state index in [2.05, 4.69) is 25.8 Å². The van der Waals surface area contributed by atoms with Gasteiger partial charge in [-0.05, 0) is 34.1 Å². The molecule has 0 radical (unpaired) electrons. The molecule has 1 saturated heterocycles. The number of benzene rings is 1. The summed E-state index contributed by atoms with van der Waals surface area (Å²) in [7, 11) is 0. The molecule has 0 atom stereocenters. The minimum Gasteiger partial charge on any atom is -0.397 e. The highest BCUT2D eigenvalue weighted by Gasteiger charge is 2.21. The smallest absolute Gasteiger partial charge is 0.166 e. The van der Waals surface area contributed by atoms with Gasteiger partial charge in [0.25, 0.3) is 0 Å². The van der Waals surface area contributed by atoms with Gasteiger partial charge >= 0.3 is 0 Å². The fraction of sp³-hybridized carbons (Fsp3) is 0.267. The summed E-state index contributed by atoms with van der Waals surface area (Å²) in [5.74, 6) is 0.121. The van der Waals surface area contributed by atoms with Crippen molar-refractivity contribution in [2.24, 2.45) is 0 Å². The van der Waals surface area contributed by atoms with Crippen LogP contribution in [0.1, 0.15) is 0 Å². The first kappa shape index (κ1) is 14.1. The minimum atomic E-state index is -0.294. The third-order valence-corrected chi connectivity index (χ3v) is 4.08. The molecular weight excluding hydrogens is 335 g/mol. The molecule has 2 heterocycles. The molecule has 4 nitrogen and oxygen atoms in total. The van der Waals surface area contributed by atoms with Gasteiger partial charge in [-0.25, -0.2) is 9.37 Å². The monoisotopic (exact) mass is 350 g/mol. The van der Waals surface area contributed by atoms with E-state index in [4.69, 9.17) is 5.73 Å². The maximum atomic E-state index is 14.0. The predicted octanol–water partition coefficient (Wildman–Crippen LogP) is 2.89. The molecule has 1 aliphatic rings. The van der Waals surface area contributed by atoms with E-state index in [1.54, 1.807) is 6.20 Å². The fourth-order valence-electron chi connectivity index (χ4n) is 2.57. The topological polar surface area (TPSA) is 45.4 Å². The summed E-state index contributed by atoms with van der Waals surface area (Å²) >= 11 is 3.23. The molecule has 0 spiro atoms. The van der Waals surface area contributed by atoms with Crippen molar-refractivity contribution in [1.82, 2.24) is 4.98 Å². The van der Waals surface area contributed by atoms with Gasteiger partial charge in [0.15, 0.2) is 11.6 Å². The molecule has 2 N–H and O–H groups in total. The molecule has 110 valence electrons. The minimum absolute atomic E-state index is 0.294. The molecule has 0 bridgehead atoms. The van der Waals surface area contributed by atoms with E-state index in [-0.39, 0.29) is 5.82 Å². The first-order chi connectivity index (χ1) is 10.1. The molecule has 1 aromatic heterocycles. The van der Waals surface area contributed by atoms with Crippen molar-refractivity contribution >= 4 is 33.1 Å². The van der Waals surface area contributed by atoms with Crippen molar-refractivity contribution in [2.75, 3.05) is 41.7 Å². The van der Waals surface area contributed by atoms with Crippen LogP contribution in [0.4, 0.5) is 21.6 Å². The van der Waals surface area contributed by atoms with Crippen molar-refractivity contribution in [3.8, 4) is 0 Å². The Morgan fingerprint density at radius 1 is 1.10 bits per heavy atom. The quantitative estimate of drug-likeness (QED) is 0.846. The summed E-state index contributed by atoms with van der Waals surface area (Å²) in [5.41, 5.74) is 7.82. The molecular formula is C15H16BrFN4. The fourth-order valence-corrected chi connectivity index (χ4v) is 2.88. The number of nitrogen functional groups attached to an aromatic ring is 1. The van der Waals surface area contributed by atoms with Crippen LogP contribution in [0.25, 0.3) is 0 Å². The highest BCUT2D eigenvalue weighted by molar-refractivity contribution is 9.10. The number of hydrogen-bond donors (Lipinski definition) is 1. The van der Waals surface area contributed by atoms with E-state index >= 15 is 0 Å². The van der Waals surface area contributed by atoms with Gasteiger partial charge in [-0.3, -0.25) is 0 Å². The Morgan fingerprint density at radius 3 is 2.43 bits per heavy atom. The van der Waals surface area contributed by atoms with Gasteiger partial charge in [-0.1, -0.05) is 12.1 Å². The zero-order valence-electron chi connectivity index (χ0n) is 11.5. The summed E-state index contributed by atoms with van der Waals surface area (Å²) in [5, 5.41) is 0. The Bertz CT molecular complexity index is 641. The van der Waals surface area contributed by atoms with Crippen LogP contribution in [-0.2, 0) is 0 Å². The maximum Gasteiger partial charge on any atom is 0.166 e. The number of rotatable bonds is 2. The Hall–Kier alpha value is -1.82. The lowest BCUT2D eigenvalue weighted by atomic mass is 10.2. The second kappa shape index (κ2) is 5.89. The lowest BCUT2D eigenvalue weighted by molar-refractivity contribution is 0.588. The second-order valence-corrected chi connectivity index (χ2v) is 5.91. The van der Waals surface area contributed by atoms with Crippen LogP contribution in [0.2, 0.25) is 0 Å². The third-order valence-electron chi connectivity index (χ3n) is 3.65. The summed E-state index contributed by atoms with van der Waals surface area (Å²) in [6, 6.07) is 9.27. The molecule has 0 amide bonds. The standard InChI is InChI=1S/C15H16BrFN4/c16-11-9-12(17)15(19-10-11)21-7-5-20(6-8-21)14-4-2-1-3-13(14)18/h1-4,9-10H,5-8,18H2. The lowest BCUT2D eigenvalue weighted by Crippen LogP contribution is -2.47. The normalized spacial score (nSPS) is 15.3. The van der Waals surface area contributed by atoms with E-state index < -0.39 is 0 Å². The average molecular weight is 351 g/mol. The molecule has 2 aromatic rings. The molecule has 21 heavy (non-hydrogen) atoms. The van der Waals surface area contributed by atoms with Crippen molar-refractivity contribution in [2.45, 2.75) is 0 Å². The van der Waals surface area contributed by atoms with E-state index in [1.807, 2.05) is 29.2 Å². The summed E-state index contributed by atoms with van der Waals surface area (Å²) in [6.07, 6.45) is 1.62. The third kappa shape index (κ3) is 2.95. The summed E-state index contributed by atoms with van der Waals surface area (Å²) in [6.45, 7) is 3.04. The van der Waals surface area contributed by atoms with Gasteiger partial charge in [0.2, 0.25) is 0 Å². The Balaban J connectivity index is 1.72. The first-order valence-electron chi connectivity index (χ1n) is 6.80. The zero-order valence-corrected chi connectivity index (χ0v) is 13.1. The highest BCUT2D eigenvalue weighted by atomic mass is 79.9. The molecule has 1 aromatic carbocycles. The number of pyridine rings is 1. The summed E-state index contributed by atoms with van der Waals surface area (Å²) in [4.78, 5) is 8.37. The predicted molar refractivity (Wildman–Crippen MR) is 87.2 cm³/mol. The molecule has 0 saturated carbocycles. The number of nitrogens with two attached hydrogens (primary N) is 1. The summed E-state index contributed by atoms with van der Waals surface area (Å²) < 4.78 is 14.6. The van der Waals surface area contributed by atoms with Gasteiger partial charge in [0.1, 0.15) is 0 Å². The Labute approximate surface area is 131 Å². The Morgan fingerprint density at radius 2 is 1.76 bits per heavy atom. The highest BCUT2D eigenvalue weighted by Crippen LogP contribution is 2.26. The van der Waals surface area contributed by atoms with E-state index in [9.17, 15) is 4.39 Å². The number of para-hydroxylation sites is 2. The van der Waals surface area contributed by atoms with Crippen LogP contribution < -0.4 is 15.5 Å². The number of aromatic nitrogens is 1. The number of hydrogen-bond acceptors (Lipinski definition) is 4. The Kier molecular flexibility index (Phi) is 3.96. The average Bonchev–Trinajstić information content (AvgIpc) is 2.48. The zero-order chi connectivity index (χ0) is 14.8. The van der Waals surface area contributed by atoms with Crippen LogP contribution in [0.15, 0.2) is 41.0 Å². The number of anilines is 3. The van der Waals surface area contributed by atoms with Gasteiger partial charge in [-0.2, -0.15) is 0 Å². The van der Waals surface area contributed by atoms with Crippen LogP contribution in [0, 0.1) is 5.82 Å². The second-order valence-electron chi connectivity index (χ2n) is 4.99. The molecule has 0 aliphatic carbocycles.